The summed E-state index contributed by atoms with van der Waals surface area (Å²) in [6, 6.07) is 9.04. The lowest BCUT2D eigenvalue weighted by Crippen LogP contribution is -2.14. The van der Waals surface area contributed by atoms with Gasteiger partial charge in [-0.2, -0.15) is 0 Å². The summed E-state index contributed by atoms with van der Waals surface area (Å²) in [4.78, 5) is 15.0. The van der Waals surface area contributed by atoms with Crippen LogP contribution in [0.4, 0.5) is 5.82 Å². The lowest BCUT2D eigenvalue weighted by Gasteiger charge is -2.09. The Balaban J connectivity index is 1.83. The van der Waals surface area contributed by atoms with Crippen molar-refractivity contribution in [2.24, 2.45) is 5.73 Å². The molecule has 2 aromatic rings. The molecule has 0 saturated heterocycles. The number of hydrogen-bond donors (Lipinski definition) is 2. The number of nitrogens with zero attached hydrogens (tertiary/aromatic N) is 1. The monoisotopic (exact) mass is 369 g/mol. The van der Waals surface area contributed by atoms with Crippen molar-refractivity contribution in [1.29, 1.82) is 0 Å². The molecule has 0 saturated carbocycles. The predicted molar refractivity (Wildman–Crippen MR) is 85.9 cm³/mol. The molecule has 0 fully saturated rings. The molecule has 1 amide bonds. The summed E-state index contributed by atoms with van der Waals surface area (Å²) in [5, 5.41) is 3.37. The molecule has 0 aliphatic rings. The van der Waals surface area contributed by atoms with Gasteiger partial charge in [-0.15, -0.1) is 0 Å². The Labute approximate surface area is 135 Å². The van der Waals surface area contributed by atoms with E-state index in [0.29, 0.717) is 24.0 Å². The summed E-state index contributed by atoms with van der Waals surface area (Å²) in [5.74, 6) is 0.707. The average molecular weight is 371 g/mol. The number of nitrogens with one attached hydrogen (secondary N) is 1. The lowest BCUT2D eigenvalue weighted by molar-refractivity contribution is 0.1000. The van der Waals surface area contributed by atoms with Crippen molar-refractivity contribution < 1.29 is 9.53 Å². The molecule has 5 nitrogen and oxygen atoms in total. The molecule has 110 valence electrons. The van der Waals surface area contributed by atoms with Crippen molar-refractivity contribution in [1.82, 2.24) is 4.98 Å². The van der Waals surface area contributed by atoms with Crippen LogP contribution in [0.15, 0.2) is 41.0 Å². The zero-order valence-corrected chi connectivity index (χ0v) is 13.3. The minimum Gasteiger partial charge on any atom is -0.492 e. The zero-order valence-electron chi connectivity index (χ0n) is 11.0. The highest BCUT2D eigenvalue weighted by molar-refractivity contribution is 9.10. The summed E-state index contributed by atoms with van der Waals surface area (Å²) < 4.78 is 6.55. The molecule has 0 atom stereocenters. The van der Waals surface area contributed by atoms with Gasteiger partial charge in [-0.25, -0.2) is 4.98 Å². The smallest absolute Gasteiger partial charge is 0.250 e. The van der Waals surface area contributed by atoms with Crippen LogP contribution in [0.5, 0.6) is 5.75 Å². The first-order valence-corrected chi connectivity index (χ1v) is 7.31. The van der Waals surface area contributed by atoms with Gasteiger partial charge in [0.2, 0.25) is 5.91 Å². The Bertz CT molecular complexity index is 635. The van der Waals surface area contributed by atoms with E-state index in [1.807, 2.05) is 24.3 Å². The molecule has 7 heteroatoms. The maximum absolute atomic E-state index is 11.0. The first-order valence-electron chi connectivity index (χ1n) is 6.14. The quantitative estimate of drug-likeness (QED) is 0.766. The molecule has 1 aromatic heterocycles. The average Bonchev–Trinajstić information content (AvgIpc) is 2.46. The number of ether oxygens (including phenoxy) is 1. The number of hydrogen-bond acceptors (Lipinski definition) is 4. The topological polar surface area (TPSA) is 77.2 Å². The number of amides is 1. The van der Waals surface area contributed by atoms with Gasteiger partial charge in [0.1, 0.15) is 18.2 Å². The van der Waals surface area contributed by atoms with E-state index in [0.717, 1.165) is 10.2 Å². The fraction of sp³-hybridized carbons (Fsp3) is 0.143. The van der Waals surface area contributed by atoms with Gasteiger partial charge < -0.3 is 15.8 Å². The number of benzene rings is 1. The van der Waals surface area contributed by atoms with Crippen LogP contribution in [0.3, 0.4) is 0 Å². The standard InChI is InChI=1S/C14H13BrClN3O2/c15-10-1-3-11(4-2-10)21-6-5-18-14-12(16)7-9(8-19-14)13(17)20/h1-4,7-8H,5-6H2,(H2,17,20)(H,18,19). The Kier molecular flexibility index (Phi) is 5.41. The number of nitrogens with two attached hydrogens (primary N) is 1. The summed E-state index contributed by atoms with van der Waals surface area (Å²) in [5.41, 5.74) is 5.42. The Morgan fingerprint density at radius 1 is 1.38 bits per heavy atom. The molecule has 0 aliphatic carbocycles. The van der Waals surface area contributed by atoms with E-state index >= 15 is 0 Å². The number of pyridine rings is 1. The van der Waals surface area contributed by atoms with E-state index in [1.165, 1.54) is 12.3 Å². The summed E-state index contributed by atoms with van der Waals surface area (Å²) in [7, 11) is 0. The van der Waals surface area contributed by atoms with E-state index in [1.54, 1.807) is 0 Å². The van der Waals surface area contributed by atoms with Gasteiger partial charge in [-0.05, 0) is 30.3 Å². The van der Waals surface area contributed by atoms with Crippen molar-refractivity contribution in [2.75, 3.05) is 18.5 Å². The molecule has 0 spiro atoms. The first kappa shape index (κ1) is 15.6. The maximum atomic E-state index is 11.0. The third kappa shape index (κ3) is 4.61. The minimum atomic E-state index is -0.561. The second kappa shape index (κ2) is 7.28. The van der Waals surface area contributed by atoms with E-state index in [-0.39, 0.29) is 5.56 Å². The molecule has 0 radical (unpaired) electrons. The fourth-order valence-corrected chi connectivity index (χ4v) is 2.07. The van der Waals surface area contributed by atoms with Crippen molar-refractivity contribution in [2.45, 2.75) is 0 Å². The van der Waals surface area contributed by atoms with Gasteiger partial charge in [0.15, 0.2) is 0 Å². The highest BCUT2D eigenvalue weighted by Gasteiger charge is 2.06. The van der Waals surface area contributed by atoms with Gasteiger partial charge in [0.05, 0.1) is 17.1 Å². The fourth-order valence-electron chi connectivity index (χ4n) is 1.57. The van der Waals surface area contributed by atoms with Crippen LogP contribution in [-0.4, -0.2) is 24.0 Å². The number of rotatable bonds is 6. The van der Waals surface area contributed by atoms with E-state index < -0.39 is 5.91 Å². The van der Waals surface area contributed by atoms with E-state index in [9.17, 15) is 4.79 Å². The summed E-state index contributed by atoms with van der Waals surface area (Å²) >= 11 is 9.37. The van der Waals surface area contributed by atoms with E-state index in [2.05, 4.69) is 26.2 Å². The molecular weight excluding hydrogens is 358 g/mol. The largest absolute Gasteiger partial charge is 0.492 e. The third-order valence-electron chi connectivity index (χ3n) is 2.60. The van der Waals surface area contributed by atoms with Gasteiger partial charge in [-0.1, -0.05) is 27.5 Å². The highest BCUT2D eigenvalue weighted by atomic mass is 79.9. The first-order chi connectivity index (χ1) is 10.1. The number of halogens is 2. The van der Waals surface area contributed by atoms with Crippen molar-refractivity contribution in [3.05, 3.63) is 51.6 Å². The number of aromatic nitrogens is 1. The highest BCUT2D eigenvalue weighted by Crippen LogP contribution is 2.20. The molecule has 1 heterocycles. The zero-order chi connectivity index (χ0) is 15.2. The second-order valence-electron chi connectivity index (χ2n) is 4.15. The molecule has 2 rings (SSSR count). The normalized spacial score (nSPS) is 10.2. The van der Waals surface area contributed by atoms with E-state index in [4.69, 9.17) is 22.1 Å². The molecule has 0 aliphatic heterocycles. The third-order valence-corrected chi connectivity index (χ3v) is 3.42. The lowest BCUT2D eigenvalue weighted by atomic mass is 10.3. The molecule has 1 aromatic carbocycles. The SMILES string of the molecule is NC(=O)c1cnc(NCCOc2ccc(Br)cc2)c(Cl)c1. The van der Waals surface area contributed by atoms with Crippen LogP contribution in [-0.2, 0) is 0 Å². The summed E-state index contributed by atoms with van der Waals surface area (Å²) in [6.07, 6.45) is 1.38. The van der Waals surface area contributed by atoms with Crippen molar-refractivity contribution >= 4 is 39.3 Å². The van der Waals surface area contributed by atoms with Crippen LogP contribution >= 0.6 is 27.5 Å². The van der Waals surface area contributed by atoms with Gasteiger partial charge in [-0.3, -0.25) is 4.79 Å². The Morgan fingerprint density at radius 2 is 2.10 bits per heavy atom. The summed E-state index contributed by atoms with van der Waals surface area (Å²) in [6.45, 7) is 0.982. The Morgan fingerprint density at radius 3 is 2.71 bits per heavy atom. The maximum Gasteiger partial charge on any atom is 0.250 e. The van der Waals surface area contributed by atoms with Crippen LogP contribution in [0.25, 0.3) is 0 Å². The number of carbonyl (C=O) groups excluding carboxylic acids is 1. The van der Waals surface area contributed by atoms with Crippen LogP contribution in [0.1, 0.15) is 10.4 Å². The van der Waals surface area contributed by atoms with Crippen LogP contribution in [0.2, 0.25) is 5.02 Å². The second-order valence-corrected chi connectivity index (χ2v) is 5.47. The van der Waals surface area contributed by atoms with Crippen molar-refractivity contribution in [3.63, 3.8) is 0 Å². The number of primary amides is 1. The van der Waals surface area contributed by atoms with Gasteiger partial charge >= 0.3 is 0 Å². The number of carbonyl (C=O) groups is 1. The molecule has 0 bridgehead atoms. The molecule has 0 unspecified atom stereocenters. The molecule has 21 heavy (non-hydrogen) atoms. The van der Waals surface area contributed by atoms with Gasteiger partial charge in [0, 0.05) is 10.7 Å². The molecular formula is C14H13BrClN3O2. The van der Waals surface area contributed by atoms with Crippen LogP contribution < -0.4 is 15.8 Å². The molecule has 3 N–H and O–H groups in total. The predicted octanol–water partition coefficient (Wildman–Crippen LogP) is 3.09. The minimum absolute atomic E-state index is 0.275. The number of anilines is 1. The van der Waals surface area contributed by atoms with Crippen molar-refractivity contribution in [3.8, 4) is 5.75 Å². The van der Waals surface area contributed by atoms with Gasteiger partial charge in [0.25, 0.3) is 0 Å². The van der Waals surface area contributed by atoms with Crippen LogP contribution in [0, 0.1) is 0 Å². The Hall–Kier alpha value is -1.79.